The molecule has 148 valence electrons. The molecule has 2 N–H and O–H groups in total. The molecule has 0 aliphatic heterocycles. The van der Waals surface area contributed by atoms with E-state index in [4.69, 9.17) is 0 Å². The van der Waals surface area contributed by atoms with Crippen molar-refractivity contribution >= 4 is 21.4 Å². The van der Waals surface area contributed by atoms with Crippen molar-refractivity contribution in [2.75, 3.05) is 11.1 Å². The number of benzene rings is 2. The summed E-state index contributed by atoms with van der Waals surface area (Å²) in [4.78, 5) is 12.0. The van der Waals surface area contributed by atoms with Gasteiger partial charge in [-0.25, -0.2) is 8.42 Å². The molecule has 2 aromatic rings. The number of aliphatic hydroxyl groups is 1. The van der Waals surface area contributed by atoms with Gasteiger partial charge in [0.1, 0.15) is 5.60 Å². The molecule has 0 spiro atoms. The Balaban J connectivity index is 2.22. The lowest BCUT2D eigenvalue weighted by Gasteiger charge is -2.34. The number of hydrogen-bond donors (Lipinski definition) is 2. The van der Waals surface area contributed by atoms with E-state index in [2.05, 4.69) is 11.9 Å². The highest BCUT2D eigenvalue weighted by molar-refractivity contribution is 7.91. The van der Waals surface area contributed by atoms with E-state index in [1.807, 2.05) is 6.07 Å². The Morgan fingerprint density at radius 2 is 1.93 bits per heavy atom. The Kier molecular flexibility index (Phi) is 5.46. The monoisotopic (exact) mass is 399 g/mol. The third-order valence-electron chi connectivity index (χ3n) is 5.29. The van der Waals surface area contributed by atoms with Crippen molar-refractivity contribution < 1.29 is 18.3 Å². The second-order valence-electron chi connectivity index (χ2n) is 7.11. The van der Waals surface area contributed by atoms with Gasteiger partial charge in [0.15, 0.2) is 9.84 Å². The Morgan fingerprint density at radius 3 is 2.50 bits per heavy atom. The summed E-state index contributed by atoms with van der Waals surface area (Å²) in [6.07, 6.45) is 3.69. The fraction of sp³-hybridized carbons (Fsp3) is 0.318. The van der Waals surface area contributed by atoms with E-state index in [0.29, 0.717) is 12.1 Å². The van der Waals surface area contributed by atoms with E-state index in [1.165, 1.54) is 6.92 Å². The van der Waals surface area contributed by atoms with E-state index >= 15 is 0 Å². The van der Waals surface area contributed by atoms with Gasteiger partial charge in [-0.15, -0.1) is 0 Å². The molecule has 0 saturated carbocycles. The predicted molar refractivity (Wildman–Crippen MR) is 111 cm³/mol. The summed E-state index contributed by atoms with van der Waals surface area (Å²) in [5, 5.41) is 13.8. The highest BCUT2D eigenvalue weighted by Crippen LogP contribution is 2.44. The molecule has 0 radical (unpaired) electrons. The van der Waals surface area contributed by atoms with Crippen LogP contribution in [0.25, 0.3) is 11.1 Å². The van der Waals surface area contributed by atoms with Crippen molar-refractivity contribution in [2.24, 2.45) is 0 Å². The van der Waals surface area contributed by atoms with Crippen molar-refractivity contribution in [2.45, 2.75) is 43.6 Å². The third kappa shape index (κ3) is 3.62. The molecule has 0 aromatic heterocycles. The number of carbonyl (C=O) groups is 1. The first-order valence-electron chi connectivity index (χ1n) is 9.35. The Bertz CT molecular complexity index is 1030. The van der Waals surface area contributed by atoms with Crippen molar-refractivity contribution in [3.63, 3.8) is 0 Å². The zero-order chi connectivity index (χ0) is 20.5. The van der Waals surface area contributed by atoms with Crippen LogP contribution in [0.2, 0.25) is 0 Å². The molecule has 3 rings (SSSR count). The fourth-order valence-corrected chi connectivity index (χ4v) is 4.70. The second kappa shape index (κ2) is 7.53. The number of sulfone groups is 1. The number of anilines is 1. The van der Waals surface area contributed by atoms with Gasteiger partial charge < -0.3 is 10.4 Å². The van der Waals surface area contributed by atoms with Crippen LogP contribution < -0.4 is 5.32 Å². The van der Waals surface area contributed by atoms with Crippen LogP contribution in [0.5, 0.6) is 0 Å². The van der Waals surface area contributed by atoms with E-state index in [1.54, 1.807) is 43.3 Å². The molecule has 1 aliphatic rings. The smallest absolute Gasteiger partial charge is 0.221 e. The van der Waals surface area contributed by atoms with Crippen LogP contribution in [-0.4, -0.2) is 25.2 Å². The lowest BCUT2D eigenvalue weighted by atomic mass is 9.76. The van der Waals surface area contributed by atoms with Crippen LogP contribution in [0.4, 0.5) is 5.69 Å². The van der Waals surface area contributed by atoms with Gasteiger partial charge >= 0.3 is 0 Å². The molecular weight excluding hydrogens is 374 g/mol. The maximum Gasteiger partial charge on any atom is 0.221 e. The predicted octanol–water partition coefficient (Wildman–Crippen LogP) is 3.82. The van der Waals surface area contributed by atoms with Gasteiger partial charge in [0.25, 0.3) is 0 Å². The highest BCUT2D eigenvalue weighted by atomic mass is 32.2. The largest absolute Gasteiger partial charge is 0.381 e. The average molecular weight is 400 g/mol. The van der Waals surface area contributed by atoms with E-state index in [9.17, 15) is 18.3 Å². The highest BCUT2D eigenvalue weighted by Gasteiger charge is 2.33. The minimum absolute atomic E-state index is 0.0383. The Morgan fingerprint density at radius 1 is 1.25 bits per heavy atom. The topological polar surface area (TPSA) is 83.5 Å². The first-order chi connectivity index (χ1) is 13.2. The third-order valence-corrected chi connectivity index (χ3v) is 7.05. The van der Waals surface area contributed by atoms with E-state index in [0.717, 1.165) is 35.1 Å². The van der Waals surface area contributed by atoms with Crippen LogP contribution in [0.3, 0.4) is 0 Å². The molecule has 6 heteroatoms. The summed E-state index contributed by atoms with van der Waals surface area (Å²) < 4.78 is 24.2. The van der Waals surface area contributed by atoms with Crippen LogP contribution >= 0.6 is 0 Å². The van der Waals surface area contributed by atoms with E-state index < -0.39 is 15.4 Å². The summed E-state index contributed by atoms with van der Waals surface area (Å²) in [5.74, 6) is -0.155. The standard InChI is InChI=1S/C22H25NO4S/c1-4-22(25)14-6-7-18-19(22)12-13-20(23-15(3)24)21(18)16-8-10-17(11-9-16)28(26,27)5-2/h4,8-13,25H,1,5-7,14H2,2-3H3,(H,23,24). The molecule has 1 amide bonds. The summed E-state index contributed by atoms with van der Waals surface area (Å²) in [7, 11) is -3.29. The molecule has 2 aromatic carbocycles. The molecule has 0 saturated heterocycles. The number of amides is 1. The van der Waals surface area contributed by atoms with Crippen molar-refractivity contribution in [3.05, 3.63) is 60.2 Å². The normalized spacial score (nSPS) is 19.0. The van der Waals surface area contributed by atoms with Gasteiger partial charge in [-0.2, -0.15) is 0 Å². The lowest BCUT2D eigenvalue weighted by Crippen LogP contribution is -2.28. The van der Waals surface area contributed by atoms with Gasteiger partial charge in [-0.05, 0) is 54.2 Å². The number of rotatable bonds is 5. The minimum Gasteiger partial charge on any atom is -0.381 e. The van der Waals surface area contributed by atoms with Gasteiger partial charge in [0.05, 0.1) is 10.6 Å². The maximum atomic E-state index is 12.1. The van der Waals surface area contributed by atoms with Crippen LogP contribution in [0.15, 0.2) is 53.9 Å². The summed E-state index contributed by atoms with van der Waals surface area (Å²) in [5.41, 5.74) is 2.87. The van der Waals surface area contributed by atoms with Gasteiger partial charge in [0.2, 0.25) is 5.91 Å². The van der Waals surface area contributed by atoms with Crippen molar-refractivity contribution in [1.82, 2.24) is 0 Å². The van der Waals surface area contributed by atoms with Crippen LogP contribution in [0, 0.1) is 0 Å². The Hall–Kier alpha value is -2.44. The summed E-state index contributed by atoms with van der Waals surface area (Å²) >= 11 is 0. The maximum absolute atomic E-state index is 12.1. The number of fused-ring (bicyclic) bond motifs is 1. The van der Waals surface area contributed by atoms with E-state index in [-0.39, 0.29) is 16.6 Å². The number of nitrogens with one attached hydrogen (secondary N) is 1. The molecule has 0 heterocycles. The van der Waals surface area contributed by atoms with Gasteiger partial charge in [0, 0.05) is 18.2 Å². The van der Waals surface area contributed by atoms with Crippen LogP contribution in [-0.2, 0) is 26.7 Å². The summed E-state index contributed by atoms with van der Waals surface area (Å²) in [6.45, 7) is 6.85. The Labute approximate surface area is 166 Å². The minimum atomic E-state index is -3.29. The van der Waals surface area contributed by atoms with Crippen LogP contribution in [0.1, 0.15) is 37.8 Å². The molecular formula is C22H25NO4S. The first-order valence-corrected chi connectivity index (χ1v) is 11.0. The molecule has 28 heavy (non-hydrogen) atoms. The van der Waals surface area contributed by atoms with Gasteiger partial charge in [-0.1, -0.05) is 37.8 Å². The fourth-order valence-electron chi connectivity index (χ4n) is 3.81. The summed E-state index contributed by atoms with van der Waals surface area (Å²) in [6, 6.07) is 10.3. The molecule has 1 atom stereocenters. The SMILES string of the molecule is C=CC1(O)CCCc2c1ccc(NC(C)=O)c2-c1ccc(S(=O)(=O)CC)cc1. The van der Waals surface area contributed by atoms with Gasteiger partial charge in [-0.3, -0.25) is 4.79 Å². The van der Waals surface area contributed by atoms with Crippen molar-refractivity contribution in [1.29, 1.82) is 0 Å². The molecule has 0 bridgehead atoms. The van der Waals surface area contributed by atoms with Crippen molar-refractivity contribution in [3.8, 4) is 11.1 Å². The quantitative estimate of drug-likeness (QED) is 0.749. The molecule has 5 nitrogen and oxygen atoms in total. The number of carbonyl (C=O) groups excluding carboxylic acids is 1. The zero-order valence-electron chi connectivity index (χ0n) is 16.2. The zero-order valence-corrected chi connectivity index (χ0v) is 17.0. The lowest BCUT2D eigenvalue weighted by molar-refractivity contribution is -0.114. The first kappa shape index (κ1) is 20.3. The number of hydrogen-bond acceptors (Lipinski definition) is 4. The second-order valence-corrected chi connectivity index (χ2v) is 9.38. The molecule has 1 unspecified atom stereocenters. The average Bonchev–Trinajstić information content (AvgIpc) is 2.67. The molecule has 0 fully saturated rings. The molecule has 1 aliphatic carbocycles.